The normalized spacial score (nSPS) is 11.5. The summed E-state index contributed by atoms with van der Waals surface area (Å²) in [5.74, 6) is -1.59. The molecule has 0 aliphatic heterocycles. The van der Waals surface area contributed by atoms with Gasteiger partial charge in [-0.05, 0) is 36.8 Å². The Labute approximate surface area is 149 Å². The van der Waals surface area contributed by atoms with Gasteiger partial charge in [-0.3, -0.25) is 4.79 Å². The molecular formula is C18H17ClFNO4. The molecule has 0 saturated heterocycles. The molecule has 1 N–H and O–H groups in total. The average Bonchev–Trinajstić information content (AvgIpc) is 2.59. The molecule has 1 atom stereocenters. The predicted molar refractivity (Wildman–Crippen MR) is 91.1 cm³/mol. The van der Waals surface area contributed by atoms with Gasteiger partial charge >= 0.3 is 5.97 Å². The second-order valence-electron chi connectivity index (χ2n) is 5.21. The molecule has 132 valence electrons. The van der Waals surface area contributed by atoms with Crippen LogP contribution in [0.3, 0.4) is 0 Å². The molecule has 0 spiro atoms. The van der Waals surface area contributed by atoms with Crippen LogP contribution >= 0.6 is 11.6 Å². The van der Waals surface area contributed by atoms with Gasteiger partial charge < -0.3 is 14.8 Å². The topological polar surface area (TPSA) is 64.6 Å². The number of benzene rings is 2. The number of amides is 1. The molecule has 2 aromatic rings. The lowest BCUT2D eigenvalue weighted by Crippen LogP contribution is -2.35. The molecule has 2 aromatic carbocycles. The molecule has 0 heterocycles. The molecule has 0 aliphatic rings. The fraction of sp³-hybridized carbons (Fsp3) is 0.222. The van der Waals surface area contributed by atoms with Gasteiger partial charge in [0.2, 0.25) is 0 Å². The van der Waals surface area contributed by atoms with E-state index in [4.69, 9.17) is 21.1 Å². The van der Waals surface area contributed by atoms with Crippen LogP contribution < -0.4 is 10.1 Å². The summed E-state index contributed by atoms with van der Waals surface area (Å²) >= 11 is 5.80. The minimum Gasteiger partial charge on any atom is -0.497 e. The molecule has 1 amide bonds. The maximum Gasteiger partial charge on any atom is 0.343 e. The monoisotopic (exact) mass is 365 g/mol. The second kappa shape index (κ2) is 8.48. The van der Waals surface area contributed by atoms with Gasteiger partial charge in [0.25, 0.3) is 5.91 Å². The van der Waals surface area contributed by atoms with Crippen LogP contribution in [0.2, 0.25) is 5.02 Å². The average molecular weight is 366 g/mol. The zero-order valence-corrected chi connectivity index (χ0v) is 14.5. The number of methoxy groups -OCH3 is 1. The van der Waals surface area contributed by atoms with E-state index in [1.807, 2.05) is 0 Å². The number of hydrogen-bond donors (Lipinski definition) is 1. The van der Waals surface area contributed by atoms with Crippen molar-refractivity contribution < 1.29 is 23.5 Å². The minimum absolute atomic E-state index is 0.0733. The Morgan fingerprint density at radius 1 is 1.20 bits per heavy atom. The molecule has 5 nitrogen and oxygen atoms in total. The van der Waals surface area contributed by atoms with E-state index in [0.717, 1.165) is 11.6 Å². The number of halogens is 2. The van der Waals surface area contributed by atoms with Gasteiger partial charge in [-0.1, -0.05) is 29.8 Å². The summed E-state index contributed by atoms with van der Waals surface area (Å²) in [5, 5.41) is 2.57. The molecule has 2 rings (SSSR count). The van der Waals surface area contributed by atoms with Crippen LogP contribution in [-0.2, 0) is 16.1 Å². The van der Waals surface area contributed by atoms with Crippen LogP contribution in [0.5, 0.6) is 5.75 Å². The van der Waals surface area contributed by atoms with E-state index in [1.54, 1.807) is 31.4 Å². The Kier molecular flexibility index (Phi) is 6.36. The van der Waals surface area contributed by atoms with Crippen molar-refractivity contribution in [2.75, 3.05) is 7.11 Å². The van der Waals surface area contributed by atoms with Crippen molar-refractivity contribution >= 4 is 23.5 Å². The predicted octanol–water partition coefficient (Wildman–Crippen LogP) is 3.35. The largest absolute Gasteiger partial charge is 0.497 e. The lowest BCUT2D eigenvalue weighted by atomic mass is 10.2. The van der Waals surface area contributed by atoms with Crippen LogP contribution in [0.25, 0.3) is 0 Å². The zero-order valence-electron chi connectivity index (χ0n) is 13.7. The highest BCUT2D eigenvalue weighted by molar-refractivity contribution is 6.33. The molecule has 0 saturated carbocycles. The number of carbonyl (C=O) groups excluding carboxylic acids is 2. The SMILES string of the molecule is COc1ccc(CNC(=O)[C@H](C)OC(=O)c2c(F)cccc2Cl)cc1. The van der Waals surface area contributed by atoms with E-state index in [9.17, 15) is 14.0 Å². The van der Waals surface area contributed by atoms with Gasteiger partial charge in [0, 0.05) is 6.54 Å². The Morgan fingerprint density at radius 2 is 1.88 bits per heavy atom. The quantitative estimate of drug-likeness (QED) is 0.797. The van der Waals surface area contributed by atoms with Crippen molar-refractivity contribution in [3.63, 3.8) is 0 Å². The van der Waals surface area contributed by atoms with Crippen molar-refractivity contribution in [2.45, 2.75) is 19.6 Å². The van der Waals surface area contributed by atoms with E-state index >= 15 is 0 Å². The van der Waals surface area contributed by atoms with E-state index in [1.165, 1.54) is 19.1 Å². The Balaban J connectivity index is 1.92. The number of rotatable bonds is 6. The summed E-state index contributed by atoms with van der Waals surface area (Å²) in [6.07, 6.45) is -1.10. The van der Waals surface area contributed by atoms with Gasteiger partial charge in [-0.15, -0.1) is 0 Å². The third-order valence-electron chi connectivity index (χ3n) is 3.45. The van der Waals surface area contributed by atoms with Crippen LogP contribution in [0, 0.1) is 5.82 Å². The third-order valence-corrected chi connectivity index (χ3v) is 3.76. The number of nitrogens with one attached hydrogen (secondary N) is 1. The molecule has 0 bridgehead atoms. The molecular weight excluding hydrogens is 349 g/mol. The molecule has 0 radical (unpaired) electrons. The maximum absolute atomic E-state index is 13.7. The van der Waals surface area contributed by atoms with Gasteiger partial charge in [0.05, 0.1) is 12.1 Å². The maximum atomic E-state index is 13.7. The Morgan fingerprint density at radius 3 is 2.48 bits per heavy atom. The van der Waals surface area contributed by atoms with Crippen molar-refractivity contribution in [2.24, 2.45) is 0 Å². The van der Waals surface area contributed by atoms with Gasteiger partial charge in [0.1, 0.15) is 17.1 Å². The van der Waals surface area contributed by atoms with E-state index < -0.39 is 23.8 Å². The third kappa shape index (κ3) is 4.93. The zero-order chi connectivity index (χ0) is 18.4. The van der Waals surface area contributed by atoms with Crippen LogP contribution in [0.1, 0.15) is 22.8 Å². The number of hydrogen-bond acceptors (Lipinski definition) is 4. The van der Waals surface area contributed by atoms with Crippen LogP contribution in [0.4, 0.5) is 4.39 Å². The molecule has 25 heavy (non-hydrogen) atoms. The lowest BCUT2D eigenvalue weighted by Gasteiger charge is -2.14. The molecule has 0 aliphatic carbocycles. The Bertz CT molecular complexity index is 744. The summed E-state index contributed by atoms with van der Waals surface area (Å²) in [7, 11) is 1.56. The summed E-state index contributed by atoms with van der Waals surface area (Å²) < 4.78 is 23.7. The van der Waals surface area contributed by atoms with Gasteiger partial charge in [-0.25, -0.2) is 9.18 Å². The van der Waals surface area contributed by atoms with E-state index in [0.29, 0.717) is 5.75 Å². The second-order valence-corrected chi connectivity index (χ2v) is 5.62. The summed E-state index contributed by atoms with van der Waals surface area (Å²) in [4.78, 5) is 24.0. The summed E-state index contributed by atoms with van der Waals surface area (Å²) in [6.45, 7) is 1.65. The first kappa shape index (κ1) is 18.7. The van der Waals surface area contributed by atoms with Crippen LogP contribution in [0.15, 0.2) is 42.5 Å². The van der Waals surface area contributed by atoms with Crippen molar-refractivity contribution in [3.05, 3.63) is 64.4 Å². The molecule has 7 heteroatoms. The standard InChI is InChI=1S/C18H17ClFNO4/c1-11(25-18(23)16-14(19)4-3-5-15(16)20)17(22)21-10-12-6-8-13(24-2)9-7-12/h3-9,11H,10H2,1-2H3,(H,21,22)/t11-/m0/s1. The van der Waals surface area contributed by atoms with Gasteiger partial charge in [0.15, 0.2) is 6.10 Å². The smallest absolute Gasteiger partial charge is 0.343 e. The minimum atomic E-state index is -1.10. The van der Waals surface area contributed by atoms with Crippen LogP contribution in [-0.4, -0.2) is 25.1 Å². The highest BCUT2D eigenvalue weighted by Crippen LogP contribution is 2.20. The number of ether oxygens (including phenoxy) is 2. The molecule has 0 aromatic heterocycles. The van der Waals surface area contributed by atoms with E-state index in [2.05, 4.69) is 5.32 Å². The van der Waals surface area contributed by atoms with Crippen molar-refractivity contribution in [1.29, 1.82) is 0 Å². The fourth-order valence-electron chi connectivity index (χ4n) is 2.04. The first-order valence-corrected chi connectivity index (χ1v) is 7.85. The van der Waals surface area contributed by atoms with Gasteiger partial charge in [-0.2, -0.15) is 0 Å². The fourth-order valence-corrected chi connectivity index (χ4v) is 2.28. The molecule has 0 unspecified atom stereocenters. The highest BCUT2D eigenvalue weighted by Gasteiger charge is 2.23. The Hall–Kier alpha value is -2.60. The summed E-state index contributed by atoms with van der Waals surface area (Å²) in [6, 6.07) is 11.0. The lowest BCUT2D eigenvalue weighted by molar-refractivity contribution is -0.129. The van der Waals surface area contributed by atoms with Crippen molar-refractivity contribution in [3.8, 4) is 5.75 Å². The summed E-state index contributed by atoms with van der Waals surface area (Å²) in [5.41, 5.74) is 0.462. The first-order chi connectivity index (χ1) is 11.9. The number of carbonyl (C=O) groups is 2. The van der Waals surface area contributed by atoms with E-state index in [-0.39, 0.29) is 17.1 Å². The first-order valence-electron chi connectivity index (χ1n) is 7.48. The highest BCUT2D eigenvalue weighted by atomic mass is 35.5. The van der Waals surface area contributed by atoms with Crippen molar-refractivity contribution in [1.82, 2.24) is 5.32 Å². The molecule has 0 fully saturated rings. The number of esters is 1.